The monoisotopic (exact) mass is 316 g/mol. The predicted octanol–water partition coefficient (Wildman–Crippen LogP) is 0.338. The van der Waals surface area contributed by atoms with E-state index in [0.717, 1.165) is 0 Å². The molecule has 0 radical (unpaired) electrons. The van der Waals surface area contributed by atoms with E-state index in [2.05, 4.69) is 4.98 Å². The van der Waals surface area contributed by atoms with E-state index in [-0.39, 0.29) is 24.2 Å². The second kappa shape index (κ2) is 5.68. The molecule has 1 fully saturated rings. The van der Waals surface area contributed by atoms with Gasteiger partial charge in [-0.2, -0.15) is 4.31 Å². The second-order valence-electron chi connectivity index (χ2n) is 5.95. The maximum atomic E-state index is 12.8. The number of nitrogens with zero attached hydrogens (tertiary/aromatic N) is 3. The van der Waals surface area contributed by atoms with Gasteiger partial charge in [0, 0.05) is 32.4 Å². The first-order chi connectivity index (χ1) is 9.69. The summed E-state index contributed by atoms with van der Waals surface area (Å²) >= 11 is 0. The van der Waals surface area contributed by atoms with Crippen LogP contribution in [0, 0.1) is 6.92 Å². The Morgan fingerprint density at radius 1 is 1.52 bits per heavy atom. The Hall–Kier alpha value is -0.960. The first-order valence-corrected chi connectivity index (χ1v) is 8.55. The van der Waals surface area contributed by atoms with Crippen molar-refractivity contribution in [1.82, 2.24) is 13.9 Å². The van der Waals surface area contributed by atoms with Crippen LogP contribution in [0.5, 0.6) is 0 Å². The average molecular weight is 316 g/mol. The molecule has 120 valence electrons. The number of hydrogen-bond donors (Lipinski definition) is 1. The van der Waals surface area contributed by atoms with Crippen molar-refractivity contribution in [3.05, 3.63) is 12.0 Å². The molecular formula is C13H24N4O3S. The highest BCUT2D eigenvalue weighted by Gasteiger charge is 2.39. The summed E-state index contributed by atoms with van der Waals surface area (Å²) < 4.78 is 34.6. The van der Waals surface area contributed by atoms with Gasteiger partial charge < -0.3 is 15.0 Å². The predicted molar refractivity (Wildman–Crippen MR) is 79.4 cm³/mol. The molecule has 1 aliphatic heterocycles. The van der Waals surface area contributed by atoms with Gasteiger partial charge in [0.15, 0.2) is 5.03 Å². The first kappa shape index (κ1) is 16.4. The molecule has 1 aliphatic rings. The summed E-state index contributed by atoms with van der Waals surface area (Å²) in [7, 11) is -3.62. The van der Waals surface area contributed by atoms with Crippen LogP contribution in [-0.2, 0) is 21.3 Å². The number of aryl methyl sites for hydroxylation is 2. The third kappa shape index (κ3) is 3.28. The van der Waals surface area contributed by atoms with Gasteiger partial charge in [0.1, 0.15) is 5.82 Å². The van der Waals surface area contributed by atoms with Gasteiger partial charge in [0.2, 0.25) is 0 Å². The number of aromatic nitrogens is 2. The van der Waals surface area contributed by atoms with Gasteiger partial charge in [-0.3, -0.25) is 0 Å². The Labute approximate surface area is 126 Å². The van der Waals surface area contributed by atoms with Crippen LogP contribution in [0.1, 0.15) is 26.6 Å². The van der Waals surface area contributed by atoms with Crippen molar-refractivity contribution in [3.63, 3.8) is 0 Å². The van der Waals surface area contributed by atoms with Crippen LogP contribution in [-0.4, -0.2) is 53.6 Å². The summed E-state index contributed by atoms with van der Waals surface area (Å²) in [5.74, 6) is 0.693. The van der Waals surface area contributed by atoms with Crippen LogP contribution >= 0.6 is 0 Å². The third-order valence-electron chi connectivity index (χ3n) is 3.61. The fourth-order valence-electron chi connectivity index (χ4n) is 2.60. The number of imidazole rings is 1. The molecule has 1 aromatic heterocycles. The Bertz CT molecular complexity index is 609. The van der Waals surface area contributed by atoms with Crippen LogP contribution in [0.4, 0.5) is 0 Å². The summed E-state index contributed by atoms with van der Waals surface area (Å²) in [4.78, 5) is 4.19. The molecule has 0 aromatic carbocycles. The maximum absolute atomic E-state index is 12.8. The topological polar surface area (TPSA) is 90.5 Å². The van der Waals surface area contributed by atoms with Crippen LogP contribution in [0.2, 0.25) is 0 Å². The summed E-state index contributed by atoms with van der Waals surface area (Å²) in [6.07, 6.45) is 1.29. The quantitative estimate of drug-likeness (QED) is 0.865. The highest BCUT2D eigenvalue weighted by Crippen LogP contribution is 2.26. The van der Waals surface area contributed by atoms with Crippen molar-refractivity contribution in [1.29, 1.82) is 0 Å². The molecule has 0 bridgehead atoms. The zero-order valence-corrected chi connectivity index (χ0v) is 13.9. The fraction of sp³-hybridized carbons (Fsp3) is 0.769. The molecule has 7 nitrogen and oxygen atoms in total. The first-order valence-electron chi connectivity index (χ1n) is 7.11. The number of morpholine rings is 1. The number of sulfonamides is 1. The van der Waals surface area contributed by atoms with Crippen molar-refractivity contribution < 1.29 is 13.2 Å². The molecule has 1 atom stereocenters. The Morgan fingerprint density at radius 3 is 2.71 bits per heavy atom. The van der Waals surface area contributed by atoms with Crippen LogP contribution in [0.3, 0.4) is 0 Å². The van der Waals surface area contributed by atoms with Gasteiger partial charge in [-0.15, -0.1) is 0 Å². The molecule has 0 saturated carbocycles. The normalized spacial score (nSPS) is 23.4. The van der Waals surface area contributed by atoms with E-state index < -0.39 is 15.6 Å². The van der Waals surface area contributed by atoms with Crippen molar-refractivity contribution in [2.45, 2.75) is 51.0 Å². The lowest BCUT2D eigenvalue weighted by molar-refractivity contribution is -0.112. The van der Waals surface area contributed by atoms with E-state index in [9.17, 15) is 8.42 Å². The van der Waals surface area contributed by atoms with Gasteiger partial charge in [-0.05, 0) is 27.7 Å². The van der Waals surface area contributed by atoms with E-state index in [0.29, 0.717) is 18.9 Å². The maximum Gasteiger partial charge on any atom is 0.262 e. The van der Waals surface area contributed by atoms with Crippen molar-refractivity contribution >= 4 is 10.0 Å². The van der Waals surface area contributed by atoms with Crippen molar-refractivity contribution in [3.8, 4) is 0 Å². The largest absolute Gasteiger partial charge is 0.368 e. The minimum absolute atomic E-state index is 0.0929. The van der Waals surface area contributed by atoms with E-state index in [4.69, 9.17) is 10.5 Å². The molecule has 0 amide bonds. The van der Waals surface area contributed by atoms with Gasteiger partial charge in [0.25, 0.3) is 10.0 Å². The highest BCUT2D eigenvalue weighted by molar-refractivity contribution is 7.89. The zero-order chi connectivity index (χ0) is 15.8. The smallest absolute Gasteiger partial charge is 0.262 e. The molecule has 2 heterocycles. The van der Waals surface area contributed by atoms with E-state index >= 15 is 0 Å². The minimum atomic E-state index is -3.62. The SMILES string of the molecule is CCn1cc(S(=O)(=O)N2CC(CN)OC(C)(C)C2)nc1C. The van der Waals surface area contributed by atoms with Crippen LogP contribution in [0.25, 0.3) is 0 Å². The molecule has 0 spiro atoms. The lowest BCUT2D eigenvalue weighted by Crippen LogP contribution is -2.56. The van der Waals surface area contributed by atoms with Crippen LogP contribution in [0.15, 0.2) is 11.2 Å². The highest BCUT2D eigenvalue weighted by atomic mass is 32.2. The number of ether oxygens (including phenoxy) is 1. The Morgan fingerprint density at radius 2 is 2.19 bits per heavy atom. The Kier molecular flexibility index (Phi) is 4.44. The zero-order valence-electron chi connectivity index (χ0n) is 13.0. The molecule has 0 aliphatic carbocycles. The van der Waals surface area contributed by atoms with Gasteiger partial charge in [-0.1, -0.05) is 0 Å². The molecule has 1 aromatic rings. The van der Waals surface area contributed by atoms with Crippen molar-refractivity contribution in [2.24, 2.45) is 5.73 Å². The molecule has 21 heavy (non-hydrogen) atoms. The van der Waals surface area contributed by atoms with Gasteiger partial charge >= 0.3 is 0 Å². The third-order valence-corrected chi connectivity index (χ3v) is 5.30. The standard InChI is InChI=1S/C13H24N4O3S/c1-5-16-8-12(15-10(16)2)21(18,19)17-7-11(6-14)20-13(3,4)9-17/h8,11H,5-7,9,14H2,1-4H3. The molecule has 2 N–H and O–H groups in total. The molecular weight excluding hydrogens is 292 g/mol. The summed E-state index contributed by atoms with van der Waals surface area (Å²) in [5, 5.41) is 0.0929. The number of rotatable bonds is 4. The fourth-order valence-corrected chi connectivity index (χ4v) is 4.22. The summed E-state index contributed by atoms with van der Waals surface area (Å²) in [6, 6.07) is 0. The summed E-state index contributed by atoms with van der Waals surface area (Å²) in [6.45, 7) is 9.03. The second-order valence-corrected chi connectivity index (χ2v) is 7.83. The molecule has 8 heteroatoms. The summed E-state index contributed by atoms with van der Waals surface area (Å²) in [5.41, 5.74) is 5.09. The molecule has 1 saturated heterocycles. The lowest BCUT2D eigenvalue weighted by Gasteiger charge is -2.41. The molecule has 2 rings (SSSR count). The van der Waals surface area contributed by atoms with E-state index in [1.54, 1.807) is 13.1 Å². The van der Waals surface area contributed by atoms with Gasteiger partial charge in [0.05, 0.1) is 11.7 Å². The van der Waals surface area contributed by atoms with Gasteiger partial charge in [-0.25, -0.2) is 13.4 Å². The minimum Gasteiger partial charge on any atom is -0.368 e. The van der Waals surface area contributed by atoms with E-state index in [1.165, 1.54) is 4.31 Å². The van der Waals surface area contributed by atoms with Crippen LogP contribution < -0.4 is 5.73 Å². The van der Waals surface area contributed by atoms with Crippen molar-refractivity contribution in [2.75, 3.05) is 19.6 Å². The number of nitrogens with two attached hydrogens (primary N) is 1. The van der Waals surface area contributed by atoms with E-state index in [1.807, 2.05) is 25.3 Å². The lowest BCUT2D eigenvalue weighted by atomic mass is 10.1. The Balaban J connectivity index is 2.33. The molecule has 1 unspecified atom stereocenters. The average Bonchev–Trinajstić information content (AvgIpc) is 2.78. The number of hydrogen-bond acceptors (Lipinski definition) is 5.